The summed E-state index contributed by atoms with van der Waals surface area (Å²) in [7, 11) is 0. The summed E-state index contributed by atoms with van der Waals surface area (Å²) >= 11 is 0. The minimum Gasteiger partial charge on any atom is -0.480 e. The number of hydrogen-bond acceptors (Lipinski definition) is 3. The molecule has 1 atom stereocenters. The van der Waals surface area contributed by atoms with E-state index in [2.05, 4.69) is 15.4 Å². The lowest BCUT2D eigenvalue weighted by Gasteiger charge is -2.16. The zero-order valence-corrected chi connectivity index (χ0v) is 15.4. The van der Waals surface area contributed by atoms with E-state index in [4.69, 9.17) is 0 Å². The fraction of sp³-hybridized carbons (Fsp3) is 0.143. The van der Waals surface area contributed by atoms with E-state index < -0.39 is 30.2 Å². The van der Waals surface area contributed by atoms with Crippen LogP contribution in [0.25, 0.3) is 10.8 Å². The number of urea groups is 1. The number of fused-ring (bicyclic) bond motifs is 1. The van der Waals surface area contributed by atoms with Crippen LogP contribution in [-0.2, 0) is 11.2 Å². The van der Waals surface area contributed by atoms with Gasteiger partial charge in [0.2, 0.25) is 0 Å². The average Bonchev–Trinajstić information content (AvgIpc) is 2.67. The van der Waals surface area contributed by atoms with Crippen LogP contribution in [0.15, 0.2) is 66.7 Å². The van der Waals surface area contributed by atoms with Gasteiger partial charge in [0.05, 0.1) is 0 Å². The molecule has 0 saturated carbocycles. The molecule has 0 fully saturated rings. The monoisotopic (exact) mass is 418 g/mol. The Morgan fingerprint density at radius 2 is 1.63 bits per heavy atom. The van der Waals surface area contributed by atoms with Crippen LogP contribution in [0.3, 0.4) is 0 Å². The number of alkyl halides is 3. The molecule has 0 spiro atoms. The lowest BCUT2D eigenvalue weighted by atomic mass is 10.0. The minimum absolute atomic E-state index is 0.0615. The van der Waals surface area contributed by atoms with E-state index in [0.29, 0.717) is 0 Å². The van der Waals surface area contributed by atoms with Crippen LogP contribution < -0.4 is 15.4 Å². The molecule has 0 radical (unpaired) electrons. The van der Waals surface area contributed by atoms with Crippen LogP contribution in [0.2, 0.25) is 0 Å². The molecule has 0 aliphatic rings. The number of halogens is 3. The second-order valence-corrected chi connectivity index (χ2v) is 6.45. The first-order chi connectivity index (χ1) is 14.2. The molecule has 30 heavy (non-hydrogen) atoms. The summed E-state index contributed by atoms with van der Waals surface area (Å²) in [6, 6.07) is 15.6. The number of carboxylic acid groups (broad SMARTS) is 1. The van der Waals surface area contributed by atoms with Gasteiger partial charge in [0, 0.05) is 12.1 Å². The number of anilines is 1. The van der Waals surface area contributed by atoms with Gasteiger partial charge in [-0.05, 0) is 40.6 Å². The van der Waals surface area contributed by atoms with E-state index in [9.17, 15) is 27.9 Å². The van der Waals surface area contributed by atoms with Gasteiger partial charge in [-0.1, -0.05) is 42.5 Å². The van der Waals surface area contributed by atoms with Crippen molar-refractivity contribution in [2.45, 2.75) is 18.8 Å². The van der Waals surface area contributed by atoms with Crippen LogP contribution in [0.4, 0.5) is 23.7 Å². The van der Waals surface area contributed by atoms with Crippen molar-refractivity contribution in [2.75, 3.05) is 5.32 Å². The molecule has 1 unspecified atom stereocenters. The van der Waals surface area contributed by atoms with Crippen molar-refractivity contribution in [2.24, 2.45) is 0 Å². The number of rotatable bonds is 6. The molecule has 0 aliphatic carbocycles. The molecular weight excluding hydrogens is 401 g/mol. The third-order valence-electron chi connectivity index (χ3n) is 4.20. The lowest BCUT2D eigenvalue weighted by molar-refractivity contribution is -0.274. The lowest BCUT2D eigenvalue weighted by Crippen LogP contribution is -2.44. The Labute approximate surface area is 169 Å². The average molecular weight is 418 g/mol. The van der Waals surface area contributed by atoms with E-state index in [1.807, 2.05) is 36.4 Å². The van der Waals surface area contributed by atoms with Gasteiger partial charge in [-0.2, -0.15) is 0 Å². The normalized spacial score (nSPS) is 12.2. The zero-order chi connectivity index (χ0) is 21.7. The summed E-state index contributed by atoms with van der Waals surface area (Å²) in [5.74, 6) is -1.65. The van der Waals surface area contributed by atoms with Crippen molar-refractivity contribution in [3.8, 4) is 5.75 Å². The highest BCUT2D eigenvalue weighted by Crippen LogP contribution is 2.24. The van der Waals surface area contributed by atoms with E-state index in [1.54, 1.807) is 6.07 Å². The van der Waals surface area contributed by atoms with Crippen LogP contribution >= 0.6 is 0 Å². The van der Waals surface area contributed by atoms with Crippen molar-refractivity contribution in [3.63, 3.8) is 0 Å². The summed E-state index contributed by atoms with van der Waals surface area (Å²) < 4.78 is 40.3. The smallest absolute Gasteiger partial charge is 0.480 e. The summed E-state index contributed by atoms with van der Waals surface area (Å²) in [5.41, 5.74) is 0.909. The van der Waals surface area contributed by atoms with E-state index in [0.717, 1.165) is 28.5 Å². The predicted molar refractivity (Wildman–Crippen MR) is 104 cm³/mol. The molecule has 156 valence electrons. The van der Waals surface area contributed by atoms with Crippen molar-refractivity contribution in [1.29, 1.82) is 0 Å². The van der Waals surface area contributed by atoms with Crippen molar-refractivity contribution < 1.29 is 32.6 Å². The van der Waals surface area contributed by atoms with Gasteiger partial charge in [0.25, 0.3) is 0 Å². The van der Waals surface area contributed by atoms with Gasteiger partial charge in [-0.3, -0.25) is 0 Å². The van der Waals surface area contributed by atoms with Crippen LogP contribution in [-0.4, -0.2) is 29.5 Å². The quantitative estimate of drug-likeness (QED) is 0.548. The molecule has 3 N–H and O–H groups in total. The largest absolute Gasteiger partial charge is 0.573 e. The van der Waals surface area contributed by atoms with Gasteiger partial charge in [0.15, 0.2) is 0 Å². The number of ether oxygens (including phenoxy) is 1. The Balaban J connectivity index is 1.63. The first-order valence-corrected chi connectivity index (χ1v) is 8.83. The number of benzene rings is 3. The number of carboxylic acids is 1. The number of amides is 2. The molecule has 6 nitrogen and oxygen atoms in total. The van der Waals surface area contributed by atoms with E-state index >= 15 is 0 Å². The number of nitrogens with one attached hydrogen (secondary N) is 2. The molecule has 0 aliphatic heterocycles. The first-order valence-electron chi connectivity index (χ1n) is 8.83. The Bertz CT molecular complexity index is 1050. The fourth-order valence-electron chi connectivity index (χ4n) is 2.87. The molecule has 3 aromatic carbocycles. The minimum atomic E-state index is -4.82. The number of carbonyl (C=O) groups is 2. The predicted octanol–water partition coefficient (Wildman–Crippen LogP) is 4.56. The summed E-state index contributed by atoms with van der Waals surface area (Å²) in [6.45, 7) is 0. The molecule has 9 heteroatoms. The van der Waals surface area contributed by atoms with E-state index in [1.165, 1.54) is 12.1 Å². The molecule has 3 aromatic rings. The standard InChI is InChI=1S/C21H17F3N2O4/c22-21(23,24)30-17-9-7-16(8-10-17)25-20(29)26-18(19(27)28)12-13-5-6-14-3-1-2-4-15(14)11-13/h1-11,18H,12H2,(H,27,28)(H2,25,26,29). The molecule has 0 bridgehead atoms. The molecule has 0 aromatic heterocycles. The van der Waals surface area contributed by atoms with Crippen molar-refractivity contribution >= 4 is 28.5 Å². The zero-order valence-electron chi connectivity index (χ0n) is 15.4. The third-order valence-corrected chi connectivity index (χ3v) is 4.20. The molecule has 0 heterocycles. The topological polar surface area (TPSA) is 87.7 Å². The molecular formula is C21H17F3N2O4. The number of aliphatic carboxylic acids is 1. The Morgan fingerprint density at radius 1 is 0.967 bits per heavy atom. The van der Waals surface area contributed by atoms with Crippen molar-refractivity contribution in [3.05, 3.63) is 72.3 Å². The van der Waals surface area contributed by atoms with Gasteiger partial charge in [0.1, 0.15) is 11.8 Å². The number of hydrogen-bond donors (Lipinski definition) is 3. The number of carbonyl (C=O) groups excluding carboxylic acids is 1. The Morgan fingerprint density at radius 3 is 2.27 bits per heavy atom. The van der Waals surface area contributed by atoms with Crippen LogP contribution in [0.1, 0.15) is 5.56 Å². The maximum Gasteiger partial charge on any atom is 0.573 e. The second-order valence-electron chi connectivity index (χ2n) is 6.45. The third kappa shape index (κ3) is 5.87. The van der Waals surface area contributed by atoms with Crippen LogP contribution in [0, 0.1) is 0 Å². The fourth-order valence-corrected chi connectivity index (χ4v) is 2.87. The first kappa shape index (κ1) is 21.0. The Hall–Kier alpha value is -3.75. The molecule has 2 amide bonds. The molecule has 3 rings (SSSR count). The maximum atomic E-state index is 12.2. The summed E-state index contributed by atoms with van der Waals surface area (Å²) in [6.07, 6.45) is -4.75. The van der Waals surface area contributed by atoms with Crippen LogP contribution in [0.5, 0.6) is 5.75 Å². The Kier molecular flexibility index (Phi) is 6.10. The van der Waals surface area contributed by atoms with Gasteiger partial charge >= 0.3 is 18.4 Å². The second kappa shape index (κ2) is 8.73. The summed E-state index contributed by atoms with van der Waals surface area (Å²) in [5, 5.41) is 16.1. The highest BCUT2D eigenvalue weighted by Gasteiger charge is 2.31. The van der Waals surface area contributed by atoms with Gasteiger partial charge in [-0.25, -0.2) is 9.59 Å². The highest BCUT2D eigenvalue weighted by molar-refractivity contribution is 5.92. The molecule has 0 saturated heterocycles. The maximum absolute atomic E-state index is 12.2. The highest BCUT2D eigenvalue weighted by atomic mass is 19.4. The van der Waals surface area contributed by atoms with E-state index in [-0.39, 0.29) is 12.1 Å². The van der Waals surface area contributed by atoms with Gasteiger partial charge < -0.3 is 20.5 Å². The van der Waals surface area contributed by atoms with Crippen molar-refractivity contribution in [1.82, 2.24) is 5.32 Å². The summed E-state index contributed by atoms with van der Waals surface area (Å²) in [4.78, 5) is 23.7. The SMILES string of the molecule is O=C(Nc1ccc(OC(F)(F)F)cc1)NC(Cc1ccc2ccccc2c1)C(=O)O. The van der Waals surface area contributed by atoms with Gasteiger partial charge in [-0.15, -0.1) is 13.2 Å².